The molecule has 1 saturated heterocycles. The van der Waals surface area contributed by atoms with Crippen LogP contribution in [0.15, 0.2) is 0 Å². The van der Waals surface area contributed by atoms with Crippen molar-refractivity contribution in [3.05, 3.63) is 5.69 Å². The second-order valence-corrected chi connectivity index (χ2v) is 5.75. The van der Waals surface area contributed by atoms with Crippen molar-refractivity contribution in [2.75, 3.05) is 18.8 Å². The lowest BCUT2D eigenvalue weighted by molar-refractivity contribution is 0.237. The van der Waals surface area contributed by atoms with Gasteiger partial charge in [0.15, 0.2) is 5.65 Å². The zero-order valence-electron chi connectivity index (χ0n) is 12.6. The molecule has 1 aliphatic heterocycles. The van der Waals surface area contributed by atoms with Gasteiger partial charge in [0.05, 0.1) is 5.69 Å². The maximum absolute atomic E-state index is 6.13. The monoisotopic (exact) mass is 276 g/mol. The van der Waals surface area contributed by atoms with E-state index in [9.17, 15) is 0 Å². The van der Waals surface area contributed by atoms with E-state index in [1.54, 1.807) is 0 Å². The highest BCUT2D eigenvalue weighted by Gasteiger charge is 2.22. The number of nitrogen functional groups attached to an aromatic ring is 1. The summed E-state index contributed by atoms with van der Waals surface area (Å²) in [5.41, 5.74) is 9.09. The van der Waals surface area contributed by atoms with Crippen LogP contribution in [0, 0.1) is 6.92 Å². The average molecular weight is 276 g/mol. The number of aromatic nitrogens is 4. The van der Waals surface area contributed by atoms with E-state index in [-0.39, 0.29) is 0 Å². The summed E-state index contributed by atoms with van der Waals surface area (Å²) in [6.07, 6.45) is 2.62. The molecule has 3 heterocycles. The van der Waals surface area contributed by atoms with Gasteiger partial charge in [-0.05, 0) is 46.7 Å². The number of rotatable bonds is 4. The minimum atomic E-state index is 0.484. The molecule has 0 bridgehead atoms. The van der Waals surface area contributed by atoms with Crippen LogP contribution in [-0.2, 0) is 13.1 Å². The molecular weight excluding hydrogens is 252 g/mol. The van der Waals surface area contributed by atoms with Crippen molar-refractivity contribution in [3.63, 3.8) is 0 Å². The van der Waals surface area contributed by atoms with Crippen molar-refractivity contribution in [1.82, 2.24) is 24.2 Å². The highest BCUT2D eigenvalue weighted by molar-refractivity contribution is 5.77. The summed E-state index contributed by atoms with van der Waals surface area (Å²) in [4.78, 5) is 7.03. The van der Waals surface area contributed by atoms with Crippen LogP contribution in [0.5, 0.6) is 0 Å². The molecule has 0 radical (unpaired) electrons. The van der Waals surface area contributed by atoms with Crippen LogP contribution in [0.4, 0.5) is 5.95 Å². The number of nitrogens with zero attached hydrogens (tertiary/aromatic N) is 5. The van der Waals surface area contributed by atoms with E-state index in [1.807, 2.05) is 11.6 Å². The van der Waals surface area contributed by atoms with Gasteiger partial charge >= 0.3 is 0 Å². The van der Waals surface area contributed by atoms with Gasteiger partial charge in [-0.15, -0.1) is 0 Å². The van der Waals surface area contributed by atoms with Gasteiger partial charge in [0, 0.05) is 19.1 Å². The molecule has 0 aromatic carbocycles. The Morgan fingerprint density at radius 1 is 1.30 bits per heavy atom. The quantitative estimate of drug-likeness (QED) is 0.921. The molecule has 110 valence electrons. The van der Waals surface area contributed by atoms with Crippen LogP contribution < -0.4 is 5.73 Å². The fourth-order valence-corrected chi connectivity index (χ4v) is 3.20. The Kier molecular flexibility index (Phi) is 3.41. The molecule has 1 atom stereocenters. The standard InChI is InChI=1S/C14H24N6/c1-4-20-13-12(11(3)17-20)16-14(15)19(13)9-10(2)18-7-5-6-8-18/h10H,4-9H2,1-3H3,(H2,15,16). The Hall–Kier alpha value is -1.56. The van der Waals surface area contributed by atoms with Gasteiger partial charge in [0.2, 0.25) is 5.95 Å². The molecule has 6 nitrogen and oxygen atoms in total. The van der Waals surface area contributed by atoms with Crippen molar-refractivity contribution >= 4 is 17.1 Å². The topological polar surface area (TPSA) is 64.9 Å². The number of hydrogen-bond acceptors (Lipinski definition) is 4. The molecule has 3 rings (SSSR count). The number of fused-ring (bicyclic) bond motifs is 1. The molecule has 6 heteroatoms. The summed E-state index contributed by atoms with van der Waals surface area (Å²) in [7, 11) is 0. The van der Waals surface area contributed by atoms with Gasteiger partial charge in [-0.2, -0.15) is 5.10 Å². The van der Waals surface area contributed by atoms with Crippen LogP contribution >= 0.6 is 0 Å². The third kappa shape index (κ3) is 2.08. The predicted octanol–water partition coefficient (Wildman–Crippen LogP) is 1.63. The Morgan fingerprint density at radius 3 is 2.65 bits per heavy atom. The molecular formula is C14H24N6. The van der Waals surface area contributed by atoms with Crippen LogP contribution in [-0.4, -0.2) is 43.4 Å². The van der Waals surface area contributed by atoms with E-state index in [0.717, 1.165) is 29.9 Å². The SMILES string of the molecule is CCn1nc(C)c2nc(N)n(CC(C)N3CCCC3)c21. The summed E-state index contributed by atoms with van der Waals surface area (Å²) in [5.74, 6) is 0.605. The lowest BCUT2D eigenvalue weighted by Gasteiger charge is -2.24. The minimum absolute atomic E-state index is 0.484. The number of anilines is 1. The molecule has 2 aromatic heterocycles. The van der Waals surface area contributed by atoms with Gasteiger partial charge in [-0.3, -0.25) is 9.47 Å². The molecule has 2 aromatic rings. The minimum Gasteiger partial charge on any atom is -0.369 e. The van der Waals surface area contributed by atoms with Gasteiger partial charge in [0.25, 0.3) is 0 Å². The summed E-state index contributed by atoms with van der Waals surface area (Å²) >= 11 is 0. The van der Waals surface area contributed by atoms with E-state index in [4.69, 9.17) is 5.73 Å². The van der Waals surface area contributed by atoms with Gasteiger partial charge in [-0.1, -0.05) is 0 Å². The van der Waals surface area contributed by atoms with Gasteiger partial charge < -0.3 is 5.73 Å². The third-order valence-electron chi connectivity index (χ3n) is 4.34. The Labute approximate surface area is 119 Å². The van der Waals surface area contributed by atoms with Crippen molar-refractivity contribution in [2.24, 2.45) is 0 Å². The van der Waals surface area contributed by atoms with E-state index in [2.05, 4.69) is 33.4 Å². The lowest BCUT2D eigenvalue weighted by atomic mass is 10.3. The van der Waals surface area contributed by atoms with E-state index < -0.39 is 0 Å². The van der Waals surface area contributed by atoms with E-state index in [0.29, 0.717) is 12.0 Å². The molecule has 2 N–H and O–H groups in total. The Balaban J connectivity index is 1.95. The molecule has 0 spiro atoms. The van der Waals surface area contributed by atoms with Crippen LogP contribution in [0.1, 0.15) is 32.4 Å². The summed E-state index contributed by atoms with van der Waals surface area (Å²) < 4.78 is 4.13. The first-order valence-corrected chi connectivity index (χ1v) is 7.55. The average Bonchev–Trinajstić information content (AvgIpc) is 3.11. The summed E-state index contributed by atoms with van der Waals surface area (Å²) in [5, 5.41) is 4.54. The largest absolute Gasteiger partial charge is 0.369 e. The maximum atomic E-state index is 6.13. The zero-order valence-corrected chi connectivity index (χ0v) is 12.6. The number of hydrogen-bond donors (Lipinski definition) is 1. The van der Waals surface area contributed by atoms with Crippen LogP contribution in [0.2, 0.25) is 0 Å². The van der Waals surface area contributed by atoms with Crippen LogP contribution in [0.25, 0.3) is 11.2 Å². The first-order valence-electron chi connectivity index (χ1n) is 7.55. The van der Waals surface area contributed by atoms with Crippen molar-refractivity contribution < 1.29 is 0 Å². The van der Waals surface area contributed by atoms with Crippen molar-refractivity contribution in [2.45, 2.75) is 52.7 Å². The van der Waals surface area contributed by atoms with Gasteiger partial charge in [-0.25, -0.2) is 9.67 Å². The number of aryl methyl sites for hydroxylation is 2. The van der Waals surface area contributed by atoms with Gasteiger partial charge in [0.1, 0.15) is 5.52 Å². The molecule has 20 heavy (non-hydrogen) atoms. The van der Waals surface area contributed by atoms with E-state index in [1.165, 1.54) is 25.9 Å². The first kappa shape index (κ1) is 13.4. The van der Waals surface area contributed by atoms with Crippen molar-refractivity contribution in [3.8, 4) is 0 Å². The van der Waals surface area contributed by atoms with Crippen molar-refractivity contribution in [1.29, 1.82) is 0 Å². The predicted molar refractivity (Wildman–Crippen MR) is 80.6 cm³/mol. The second kappa shape index (κ2) is 5.09. The number of nitrogens with two attached hydrogens (primary N) is 1. The summed E-state index contributed by atoms with van der Waals surface area (Å²) in [6, 6.07) is 0.484. The molecule has 1 unspecified atom stereocenters. The third-order valence-corrected chi connectivity index (χ3v) is 4.34. The maximum Gasteiger partial charge on any atom is 0.202 e. The first-order chi connectivity index (χ1) is 9.61. The molecule has 1 fully saturated rings. The molecule has 1 aliphatic rings. The van der Waals surface area contributed by atoms with Crippen LogP contribution in [0.3, 0.4) is 0 Å². The normalized spacial score (nSPS) is 18.1. The smallest absolute Gasteiger partial charge is 0.202 e. The number of likely N-dealkylation sites (tertiary alicyclic amines) is 1. The lowest BCUT2D eigenvalue weighted by Crippen LogP contribution is -2.34. The Bertz CT molecular complexity index is 605. The second-order valence-electron chi connectivity index (χ2n) is 5.75. The Morgan fingerprint density at radius 2 is 2.00 bits per heavy atom. The summed E-state index contributed by atoms with van der Waals surface area (Å²) in [6.45, 7) is 10.5. The highest BCUT2D eigenvalue weighted by Crippen LogP contribution is 2.23. The van der Waals surface area contributed by atoms with E-state index >= 15 is 0 Å². The fourth-order valence-electron chi connectivity index (χ4n) is 3.20. The highest BCUT2D eigenvalue weighted by atomic mass is 15.4. The molecule has 0 amide bonds. The zero-order chi connectivity index (χ0) is 14.3. The molecule has 0 aliphatic carbocycles. The number of imidazole rings is 1. The molecule has 0 saturated carbocycles. The fraction of sp³-hybridized carbons (Fsp3) is 0.714.